The minimum Gasteiger partial charge on any atom is -0.294 e. The van der Waals surface area contributed by atoms with E-state index < -0.39 is 0 Å². The van der Waals surface area contributed by atoms with Crippen molar-refractivity contribution in [3.63, 3.8) is 0 Å². The Labute approximate surface area is 108 Å². The fourth-order valence-corrected chi connectivity index (χ4v) is 4.45. The second-order valence-electron chi connectivity index (χ2n) is 4.70. The van der Waals surface area contributed by atoms with E-state index in [0.717, 1.165) is 40.8 Å². The smallest absolute Gasteiger partial charge is 0.169 e. The van der Waals surface area contributed by atoms with Gasteiger partial charge in [0.25, 0.3) is 0 Å². The molecule has 0 unspecified atom stereocenters. The molecule has 0 N–H and O–H groups in total. The lowest BCUT2D eigenvalue weighted by molar-refractivity contribution is 0.0804. The lowest BCUT2D eigenvalue weighted by atomic mass is 9.78. The van der Waals surface area contributed by atoms with Gasteiger partial charge in [0.15, 0.2) is 5.78 Å². The number of halogens is 1. The van der Waals surface area contributed by atoms with Gasteiger partial charge >= 0.3 is 0 Å². The molecule has 1 spiro atoms. The molecule has 1 heterocycles. The van der Waals surface area contributed by atoms with E-state index in [0.29, 0.717) is 5.78 Å². The molecule has 1 fully saturated rings. The molecular weight excluding hydrogens is 284 g/mol. The Morgan fingerprint density at radius 1 is 1.25 bits per heavy atom. The Kier molecular flexibility index (Phi) is 2.63. The van der Waals surface area contributed by atoms with Crippen LogP contribution in [0.2, 0.25) is 0 Å². The minimum absolute atomic E-state index is 0.0472. The normalized spacial score (nSPS) is 22.4. The molecule has 1 aliphatic heterocycles. The van der Waals surface area contributed by atoms with Crippen LogP contribution in [-0.4, -0.2) is 17.3 Å². The van der Waals surface area contributed by atoms with Gasteiger partial charge in [-0.3, -0.25) is 4.79 Å². The van der Waals surface area contributed by atoms with Gasteiger partial charge in [-0.2, -0.15) is 11.8 Å². The zero-order valence-corrected chi connectivity index (χ0v) is 11.4. The number of hydrogen-bond acceptors (Lipinski definition) is 2. The molecule has 1 aromatic carbocycles. The molecule has 1 nitrogen and oxygen atoms in total. The van der Waals surface area contributed by atoms with E-state index in [-0.39, 0.29) is 5.41 Å². The van der Waals surface area contributed by atoms with E-state index >= 15 is 0 Å². The van der Waals surface area contributed by atoms with Crippen molar-refractivity contribution in [3.8, 4) is 0 Å². The number of rotatable bonds is 0. The monoisotopic (exact) mass is 296 g/mol. The van der Waals surface area contributed by atoms with Crippen LogP contribution in [0, 0.1) is 5.41 Å². The van der Waals surface area contributed by atoms with Gasteiger partial charge in [0.1, 0.15) is 0 Å². The molecule has 0 saturated carbocycles. The average Bonchev–Trinajstić information content (AvgIpc) is 2.55. The van der Waals surface area contributed by atoms with Gasteiger partial charge in [-0.1, -0.05) is 22.0 Å². The van der Waals surface area contributed by atoms with E-state index in [2.05, 4.69) is 22.0 Å². The summed E-state index contributed by atoms with van der Waals surface area (Å²) in [7, 11) is 0. The van der Waals surface area contributed by atoms with Crippen molar-refractivity contribution in [2.24, 2.45) is 5.41 Å². The molecule has 2 aliphatic rings. The largest absolute Gasteiger partial charge is 0.294 e. The van der Waals surface area contributed by atoms with Gasteiger partial charge in [0.2, 0.25) is 0 Å². The van der Waals surface area contributed by atoms with Crippen LogP contribution < -0.4 is 0 Å². The molecule has 0 aromatic heterocycles. The van der Waals surface area contributed by atoms with Gasteiger partial charge in [-0.15, -0.1) is 0 Å². The number of hydrogen-bond donors (Lipinski definition) is 0. The highest BCUT2D eigenvalue weighted by Gasteiger charge is 2.45. The van der Waals surface area contributed by atoms with Crippen LogP contribution in [0.3, 0.4) is 0 Å². The first kappa shape index (κ1) is 10.8. The zero-order chi connectivity index (χ0) is 11.2. The van der Waals surface area contributed by atoms with E-state index in [1.54, 1.807) is 0 Å². The van der Waals surface area contributed by atoms with Gasteiger partial charge < -0.3 is 0 Å². The predicted molar refractivity (Wildman–Crippen MR) is 71.2 cm³/mol. The topological polar surface area (TPSA) is 17.1 Å². The Hall–Kier alpha value is -0.280. The van der Waals surface area contributed by atoms with Crippen LogP contribution in [0.1, 0.15) is 28.8 Å². The molecule has 1 aliphatic carbocycles. The molecule has 1 saturated heterocycles. The van der Waals surface area contributed by atoms with Crippen molar-refractivity contribution in [1.29, 1.82) is 0 Å². The Balaban J connectivity index is 2.02. The molecule has 1 aromatic rings. The van der Waals surface area contributed by atoms with E-state index in [4.69, 9.17) is 0 Å². The molecule has 0 atom stereocenters. The Morgan fingerprint density at radius 3 is 2.75 bits per heavy atom. The van der Waals surface area contributed by atoms with Gasteiger partial charge in [0.05, 0.1) is 0 Å². The van der Waals surface area contributed by atoms with Crippen molar-refractivity contribution in [3.05, 3.63) is 33.8 Å². The Bertz CT molecular complexity index is 449. The van der Waals surface area contributed by atoms with Crippen molar-refractivity contribution in [1.82, 2.24) is 0 Å². The summed E-state index contributed by atoms with van der Waals surface area (Å²) < 4.78 is 1.02. The third-order valence-electron chi connectivity index (χ3n) is 3.78. The first-order valence-electron chi connectivity index (χ1n) is 5.62. The third kappa shape index (κ3) is 1.56. The number of carbonyl (C=O) groups is 1. The van der Waals surface area contributed by atoms with Gasteiger partial charge in [-0.05, 0) is 48.5 Å². The predicted octanol–water partition coefficient (Wildman–Crippen LogP) is 3.70. The second kappa shape index (κ2) is 3.88. The summed E-state index contributed by atoms with van der Waals surface area (Å²) >= 11 is 5.43. The Morgan fingerprint density at radius 2 is 2.00 bits per heavy atom. The van der Waals surface area contributed by atoms with Crippen LogP contribution in [0.15, 0.2) is 22.7 Å². The maximum absolute atomic E-state index is 12.5. The molecule has 16 heavy (non-hydrogen) atoms. The van der Waals surface area contributed by atoms with Crippen LogP contribution in [0.25, 0.3) is 0 Å². The fraction of sp³-hybridized carbons (Fsp3) is 0.462. The number of ketones is 1. The first-order chi connectivity index (χ1) is 7.71. The summed E-state index contributed by atoms with van der Waals surface area (Å²) in [4.78, 5) is 12.5. The summed E-state index contributed by atoms with van der Waals surface area (Å²) in [5.41, 5.74) is 2.16. The standard InChI is InChI=1S/C13H13BrOS/c14-10-2-1-9-8-13(3-5-16-6-4-13)12(15)11(9)7-10/h1-2,7H,3-6,8H2. The summed E-state index contributed by atoms with van der Waals surface area (Å²) in [6.07, 6.45) is 3.08. The van der Waals surface area contributed by atoms with Crippen LogP contribution in [0.5, 0.6) is 0 Å². The molecular formula is C13H13BrOS. The SMILES string of the molecule is O=C1c2cc(Br)ccc2CC12CCSCC2. The molecule has 0 bridgehead atoms. The van der Waals surface area contributed by atoms with E-state index in [1.807, 2.05) is 23.9 Å². The molecule has 0 radical (unpaired) electrons. The maximum atomic E-state index is 12.5. The second-order valence-corrected chi connectivity index (χ2v) is 6.84. The van der Waals surface area contributed by atoms with Crippen LogP contribution >= 0.6 is 27.7 Å². The molecule has 3 rings (SSSR count). The van der Waals surface area contributed by atoms with Crippen LogP contribution in [-0.2, 0) is 6.42 Å². The number of fused-ring (bicyclic) bond motifs is 1. The molecule has 0 amide bonds. The summed E-state index contributed by atoms with van der Waals surface area (Å²) in [5, 5.41) is 0. The first-order valence-corrected chi connectivity index (χ1v) is 7.57. The van der Waals surface area contributed by atoms with Crippen molar-refractivity contribution >= 4 is 33.5 Å². The summed E-state index contributed by atoms with van der Waals surface area (Å²) in [5.74, 6) is 2.67. The number of Topliss-reactive ketones (excluding diaryl/α,β-unsaturated/α-hetero) is 1. The summed E-state index contributed by atoms with van der Waals surface area (Å²) in [6.45, 7) is 0. The van der Waals surface area contributed by atoms with Crippen molar-refractivity contribution in [2.75, 3.05) is 11.5 Å². The quantitative estimate of drug-likeness (QED) is 0.726. The maximum Gasteiger partial charge on any atom is 0.169 e. The minimum atomic E-state index is -0.0472. The highest BCUT2D eigenvalue weighted by atomic mass is 79.9. The summed E-state index contributed by atoms with van der Waals surface area (Å²) in [6, 6.07) is 6.14. The van der Waals surface area contributed by atoms with Gasteiger partial charge in [0, 0.05) is 15.5 Å². The number of carbonyl (C=O) groups excluding carboxylic acids is 1. The fourth-order valence-electron chi connectivity index (χ4n) is 2.81. The van der Waals surface area contributed by atoms with Gasteiger partial charge in [-0.25, -0.2) is 0 Å². The average molecular weight is 297 g/mol. The highest BCUT2D eigenvalue weighted by Crippen LogP contribution is 2.46. The molecule has 84 valence electrons. The van der Waals surface area contributed by atoms with Crippen molar-refractivity contribution in [2.45, 2.75) is 19.3 Å². The lowest BCUT2D eigenvalue weighted by Crippen LogP contribution is -2.32. The van der Waals surface area contributed by atoms with E-state index in [9.17, 15) is 4.79 Å². The number of thioether (sulfide) groups is 1. The third-order valence-corrected chi connectivity index (χ3v) is 5.26. The lowest BCUT2D eigenvalue weighted by Gasteiger charge is -2.31. The van der Waals surface area contributed by atoms with Crippen molar-refractivity contribution < 1.29 is 4.79 Å². The molecule has 3 heteroatoms. The zero-order valence-electron chi connectivity index (χ0n) is 8.96. The van der Waals surface area contributed by atoms with Crippen LogP contribution in [0.4, 0.5) is 0 Å². The highest BCUT2D eigenvalue weighted by molar-refractivity contribution is 9.10. The number of benzene rings is 1. The van der Waals surface area contributed by atoms with E-state index in [1.165, 1.54) is 5.56 Å².